The number of nitrogens with zero attached hydrogens (tertiary/aromatic N) is 1. The van der Waals surface area contributed by atoms with E-state index in [9.17, 15) is 13.2 Å². The van der Waals surface area contributed by atoms with Gasteiger partial charge in [-0.15, -0.1) is 0 Å². The van der Waals surface area contributed by atoms with Gasteiger partial charge in [0.1, 0.15) is 16.6 Å². The van der Waals surface area contributed by atoms with Gasteiger partial charge in [0.2, 0.25) is 15.7 Å². The summed E-state index contributed by atoms with van der Waals surface area (Å²) in [6.07, 6.45) is 1.54. The van der Waals surface area contributed by atoms with Gasteiger partial charge in [-0.05, 0) is 31.2 Å². The van der Waals surface area contributed by atoms with Gasteiger partial charge in [0.25, 0.3) is 0 Å². The Morgan fingerprint density at radius 1 is 1.06 bits per heavy atom. The topological polar surface area (TPSA) is 105 Å². The van der Waals surface area contributed by atoms with Gasteiger partial charge >= 0.3 is 0 Å². The molecule has 0 aliphatic carbocycles. The third kappa shape index (κ3) is 4.95. The molecule has 2 N–H and O–H groups in total. The maximum atomic E-state index is 13.3. The molecule has 0 unspecified atom stereocenters. The molecule has 2 aromatic carbocycles. The summed E-state index contributed by atoms with van der Waals surface area (Å²) >= 11 is 1.07. The van der Waals surface area contributed by atoms with E-state index in [1.165, 1.54) is 18.4 Å². The van der Waals surface area contributed by atoms with Crippen molar-refractivity contribution in [3.05, 3.63) is 84.3 Å². The summed E-state index contributed by atoms with van der Waals surface area (Å²) in [5.74, 6) is 0.820. The largest absolute Gasteiger partial charge is 0.467 e. The van der Waals surface area contributed by atoms with Crippen LogP contribution in [-0.2, 0) is 21.2 Å². The molecule has 0 aliphatic heterocycles. The van der Waals surface area contributed by atoms with Crippen molar-refractivity contribution in [2.75, 3.05) is 5.75 Å². The Bertz CT molecular complexity index is 1300. The minimum atomic E-state index is -3.85. The number of hydrogen-bond donors (Lipinski definition) is 2. The maximum absolute atomic E-state index is 13.3. The molecule has 0 bridgehead atoms. The van der Waals surface area contributed by atoms with Crippen molar-refractivity contribution >= 4 is 27.5 Å². The van der Waals surface area contributed by atoms with Crippen LogP contribution in [0.2, 0.25) is 0 Å². The van der Waals surface area contributed by atoms with Gasteiger partial charge in [-0.1, -0.05) is 59.8 Å². The van der Waals surface area contributed by atoms with E-state index in [1.54, 1.807) is 30.3 Å². The van der Waals surface area contributed by atoms with E-state index in [1.807, 2.05) is 31.2 Å². The number of carbonyl (C=O) groups excluding carboxylic acids is 1. The Kier molecular flexibility index (Phi) is 6.48. The molecule has 9 heteroatoms. The molecule has 164 valence electrons. The quantitative estimate of drug-likeness (QED) is 0.376. The molecule has 0 radical (unpaired) electrons. The number of rotatable bonds is 8. The zero-order valence-electron chi connectivity index (χ0n) is 17.2. The summed E-state index contributed by atoms with van der Waals surface area (Å²) < 4.78 is 31.8. The average Bonchev–Trinajstić information content (AvgIpc) is 3.48. The van der Waals surface area contributed by atoms with E-state index >= 15 is 0 Å². The molecule has 2 aromatic heterocycles. The molecule has 4 rings (SSSR count). The lowest BCUT2D eigenvalue weighted by Gasteiger charge is -2.05. The van der Waals surface area contributed by atoms with Gasteiger partial charge in [0.05, 0.1) is 23.5 Å². The number of amides is 1. The molecular weight excluding hydrogens is 446 g/mol. The van der Waals surface area contributed by atoms with E-state index in [-0.39, 0.29) is 33.2 Å². The molecule has 32 heavy (non-hydrogen) atoms. The molecule has 2 heterocycles. The number of aryl methyl sites for hydroxylation is 1. The number of nitrogens with one attached hydrogen (secondary N) is 2. The predicted octanol–water partition coefficient (Wildman–Crippen LogP) is 4.22. The van der Waals surface area contributed by atoms with Crippen LogP contribution in [0.3, 0.4) is 0 Å². The first-order chi connectivity index (χ1) is 15.4. The van der Waals surface area contributed by atoms with Crippen molar-refractivity contribution in [2.24, 2.45) is 0 Å². The van der Waals surface area contributed by atoms with Crippen molar-refractivity contribution in [1.29, 1.82) is 0 Å². The van der Waals surface area contributed by atoms with E-state index in [0.717, 1.165) is 22.9 Å². The third-order valence-electron chi connectivity index (χ3n) is 4.67. The first-order valence-electron chi connectivity index (χ1n) is 9.82. The molecule has 1 amide bonds. The monoisotopic (exact) mass is 467 g/mol. The molecule has 0 saturated carbocycles. The lowest BCUT2D eigenvalue weighted by atomic mass is 10.1. The first-order valence-corrected chi connectivity index (χ1v) is 12.3. The minimum Gasteiger partial charge on any atom is -0.467 e. The van der Waals surface area contributed by atoms with E-state index in [2.05, 4.69) is 15.3 Å². The zero-order chi connectivity index (χ0) is 22.6. The van der Waals surface area contributed by atoms with Crippen LogP contribution in [0.4, 0.5) is 0 Å². The highest BCUT2D eigenvalue weighted by Crippen LogP contribution is 2.32. The second-order valence-electron chi connectivity index (χ2n) is 7.05. The molecule has 0 fully saturated rings. The minimum absolute atomic E-state index is 0.0101. The Morgan fingerprint density at radius 2 is 1.81 bits per heavy atom. The fraction of sp³-hybridized carbons (Fsp3) is 0.130. The molecule has 0 spiro atoms. The summed E-state index contributed by atoms with van der Waals surface area (Å²) in [6, 6.07) is 19.3. The number of hydrogen-bond acceptors (Lipinski definition) is 6. The van der Waals surface area contributed by atoms with Gasteiger partial charge in [0, 0.05) is 5.56 Å². The van der Waals surface area contributed by atoms with Crippen LogP contribution in [0.1, 0.15) is 11.3 Å². The maximum Gasteiger partial charge on any atom is 0.230 e. The zero-order valence-corrected chi connectivity index (χ0v) is 18.9. The fourth-order valence-corrected chi connectivity index (χ4v) is 5.44. The summed E-state index contributed by atoms with van der Waals surface area (Å²) in [6.45, 7) is 2.23. The predicted molar refractivity (Wildman–Crippen MR) is 122 cm³/mol. The van der Waals surface area contributed by atoms with Crippen LogP contribution in [-0.4, -0.2) is 30.0 Å². The standard InChI is InChI=1S/C23H21N3O4S2/c1-16-9-11-17(12-10-16)21-25-22(31-15-20(27)24-14-18-6-5-13-30-18)23(26-21)32(28,29)19-7-3-2-4-8-19/h2-13H,14-15H2,1H3,(H,24,27)(H,25,26). The van der Waals surface area contributed by atoms with Gasteiger partial charge in [-0.25, -0.2) is 13.4 Å². The summed E-state index contributed by atoms with van der Waals surface area (Å²) in [7, 11) is -3.85. The number of H-pyrrole nitrogens is 1. The number of aromatic amines is 1. The van der Waals surface area contributed by atoms with Crippen LogP contribution in [0.15, 0.2) is 92.4 Å². The average molecular weight is 468 g/mol. The van der Waals surface area contributed by atoms with E-state index < -0.39 is 9.84 Å². The second-order valence-corrected chi connectivity index (χ2v) is 9.90. The Balaban J connectivity index is 1.60. The van der Waals surface area contributed by atoms with Crippen LogP contribution < -0.4 is 5.32 Å². The van der Waals surface area contributed by atoms with Gasteiger partial charge < -0.3 is 14.7 Å². The smallest absolute Gasteiger partial charge is 0.230 e. The Hall–Kier alpha value is -3.30. The van der Waals surface area contributed by atoms with Crippen molar-refractivity contribution < 1.29 is 17.6 Å². The summed E-state index contributed by atoms with van der Waals surface area (Å²) in [5, 5.41) is 2.97. The van der Waals surface area contributed by atoms with E-state index in [4.69, 9.17) is 4.42 Å². The normalized spacial score (nSPS) is 11.4. The first kappa shape index (κ1) is 21.9. The fourth-order valence-electron chi connectivity index (χ4n) is 2.97. The highest BCUT2D eigenvalue weighted by molar-refractivity contribution is 8.00. The lowest BCUT2D eigenvalue weighted by Crippen LogP contribution is -2.24. The molecule has 7 nitrogen and oxygen atoms in total. The molecule has 4 aromatic rings. The molecular formula is C23H21N3O4S2. The van der Waals surface area contributed by atoms with Crippen LogP contribution in [0, 0.1) is 6.92 Å². The molecule has 0 aliphatic rings. The van der Waals surface area contributed by atoms with Crippen molar-refractivity contribution in [2.45, 2.75) is 28.4 Å². The highest BCUT2D eigenvalue weighted by Gasteiger charge is 2.26. The van der Waals surface area contributed by atoms with Crippen LogP contribution in [0.25, 0.3) is 11.4 Å². The van der Waals surface area contributed by atoms with Gasteiger partial charge in [-0.3, -0.25) is 4.79 Å². The van der Waals surface area contributed by atoms with E-state index in [0.29, 0.717) is 11.6 Å². The second kappa shape index (κ2) is 9.46. The Labute approximate surface area is 190 Å². The lowest BCUT2D eigenvalue weighted by molar-refractivity contribution is -0.118. The molecule has 0 saturated heterocycles. The number of sulfone groups is 1. The number of imidazole rings is 1. The highest BCUT2D eigenvalue weighted by atomic mass is 32.2. The SMILES string of the molecule is Cc1ccc(-c2nc(SCC(=O)NCc3ccco3)c(S(=O)(=O)c3ccccc3)[nH]2)cc1. The third-order valence-corrected chi connectivity index (χ3v) is 7.50. The van der Waals surface area contributed by atoms with Crippen molar-refractivity contribution in [1.82, 2.24) is 15.3 Å². The van der Waals surface area contributed by atoms with Crippen molar-refractivity contribution in [3.8, 4) is 11.4 Å². The number of benzene rings is 2. The number of aromatic nitrogens is 2. The van der Waals surface area contributed by atoms with Crippen LogP contribution >= 0.6 is 11.8 Å². The van der Waals surface area contributed by atoms with Gasteiger partial charge in [-0.2, -0.15) is 0 Å². The summed E-state index contributed by atoms with van der Waals surface area (Å²) in [4.78, 5) is 19.9. The van der Waals surface area contributed by atoms with Crippen LogP contribution in [0.5, 0.6) is 0 Å². The Morgan fingerprint density at radius 3 is 2.50 bits per heavy atom. The number of thioether (sulfide) groups is 1. The number of carbonyl (C=O) groups is 1. The van der Waals surface area contributed by atoms with Crippen molar-refractivity contribution in [3.63, 3.8) is 0 Å². The number of furan rings is 1. The molecule has 0 atom stereocenters. The van der Waals surface area contributed by atoms with Gasteiger partial charge in [0.15, 0.2) is 5.03 Å². The summed E-state index contributed by atoms with van der Waals surface area (Å²) in [5.41, 5.74) is 1.84.